The van der Waals surface area contributed by atoms with Crippen LogP contribution in [0.3, 0.4) is 0 Å². The molecule has 640 valence electrons. The lowest BCUT2D eigenvalue weighted by Crippen LogP contribution is -2.59. The number of unbranched alkanes of at least 4 members (excludes halogenated alkanes) is 1. The second kappa shape index (κ2) is 47.9. The number of rotatable bonds is 52. The van der Waals surface area contributed by atoms with Crippen LogP contribution in [0.5, 0.6) is 5.75 Å². The van der Waals surface area contributed by atoms with Crippen LogP contribution in [0.4, 0.5) is 15.3 Å². The molecule has 0 bridgehead atoms. The molecule has 1 aromatic heterocycles. The molecule has 9 N–H and O–H groups in total. The van der Waals surface area contributed by atoms with Gasteiger partial charge in [0.2, 0.25) is 53.2 Å². The van der Waals surface area contributed by atoms with E-state index >= 15 is 0 Å². The van der Waals surface area contributed by atoms with Gasteiger partial charge < -0.3 is 100.0 Å². The van der Waals surface area contributed by atoms with Crippen molar-refractivity contribution in [1.82, 2.24) is 52.3 Å². The van der Waals surface area contributed by atoms with Gasteiger partial charge in [0, 0.05) is 137 Å². The summed E-state index contributed by atoms with van der Waals surface area (Å²) in [5.74, 6) is -4.89. The van der Waals surface area contributed by atoms with Crippen molar-refractivity contribution in [2.75, 3.05) is 105 Å². The smallest absolute Gasteiger partial charge is 0.415 e. The molecule has 2 aromatic carbocycles. The highest BCUT2D eigenvalue weighted by Gasteiger charge is 2.36. The third-order valence-corrected chi connectivity index (χ3v) is 17.4. The first-order valence-electron chi connectivity index (χ1n) is 39.3. The van der Waals surface area contributed by atoms with Gasteiger partial charge in [-0.2, -0.15) is 0 Å². The molecule has 0 spiro atoms. The van der Waals surface area contributed by atoms with Gasteiger partial charge in [-0.3, -0.25) is 43.2 Å². The number of amides is 11. The number of likely N-dealkylation sites (N-methyl/N-ethyl adjacent to an activating group) is 2. The predicted molar refractivity (Wildman–Crippen MR) is 435 cm³/mol. The molecule has 0 fully saturated rings. The zero-order chi connectivity index (χ0) is 85.7. The summed E-state index contributed by atoms with van der Waals surface area (Å²) >= 11 is 0. The Bertz CT molecular complexity index is 3510. The van der Waals surface area contributed by atoms with Gasteiger partial charge in [-0.25, -0.2) is 14.4 Å². The van der Waals surface area contributed by atoms with Crippen LogP contribution in [0.2, 0.25) is 0 Å². The Balaban J connectivity index is 1.70. The van der Waals surface area contributed by atoms with E-state index < -0.39 is 100.0 Å². The van der Waals surface area contributed by atoms with E-state index in [1.54, 1.807) is 56.3 Å². The molecule has 33 heteroatoms. The Morgan fingerprint density at radius 2 is 1.00 bits per heavy atom. The Labute approximate surface area is 674 Å². The first-order valence-corrected chi connectivity index (χ1v) is 39.3. The lowest BCUT2D eigenvalue weighted by atomic mass is 9.85. The van der Waals surface area contributed by atoms with Crippen molar-refractivity contribution >= 4 is 89.9 Å². The highest BCUT2D eigenvalue weighted by Crippen LogP contribution is 2.22. The van der Waals surface area contributed by atoms with Crippen LogP contribution in [0.1, 0.15) is 200 Å². The maximum absolute atomic E-state index is 14.3. The van der Waals surface area contributed by atoms with E-state index in [4.69, 9.17) is 42.3 Å². The monoisotopic (exact) mass is 1610 g/mol. The van der Waals surface area contributed by atoms with Gasteiger partial charge in [0.25, 0.3) is 0 Å². The topological polar surface area (TPSA) is 407 Å². The summed E-state index contributed by atoms with van der Waals surface area (Å²) in [5, 5.41) is 26.1. The molecule has 0 aliphatic carbocycles. The van der Waals surface area contributed by atoms with Crippen molar-refractivity contribution in [3.05, 3.63) is 70.6 Å². The van der Waals surface area contributed by atoms with E-state index in [1.165, 1.54) is 36.0 Å². The first kappa shape index (κ1) is 99.4. The van der Waals surface area contributed by atoms with Crippen molar-refractivity contribution in [2.24, 2.45) is 5.92 Å². The van der Waals surface area contributed by atoms with E-state index in [9.17, 15) is 57.5 Å². The normalized spacial score (nSPS) is 12.7. The van der Waals surface area contributed by atoms with Gasteiger partial charge in [-0.05, 0) is 171 Å². The SMILES string of the molecule is BC(C)(C)OCCC(C)(C)NC(=O)CCOCC(COCCC(=O)NC(C)(C)CCOC(C)(C)C)(COCCC(=O)NC(C)(C)CCOC(C)(C)C)NC(=O)CCNC(=O)[C@H](CCC(=O)NC(C(=O)NCC(=O)Nc1ccc(COC(=O)N(C)CCN(C)C(=O)Oc2ccc3ccc(=O)oc3c2)cc1)C(C)C)NC(=O)CCCC. The van der Waals surface area contributed by atoms with Crippen LogP contribution in [0.15, 0.2) is 63.8 Å². The number of nitrogens with one attached hydrogen (secondary N) is 9. The minimum atomic E-state index is -1.52. The van der Waals surface area contributed by atoms with Crippen molar-refractivity contribution < 1.29 is 95.1 Å². The van der Waals surface area contributed by atoms with Gasteiger partial charge in [-0.1, -0.05) is 39.3 Å². The second-order valence-corrected chi connectivity index (χ2v) is 33.9. The van der Waals surface area contributed by atoms with Gasteiger partial charge in [0.05, 0.1) is 57.4 Å². The number of anilines is 1. The molecule has 32 nitrogen and oxygen atoms in total. The molecule has 3 rings (SSSR count). The van der Waals surface area contributed by atoms with E-state index in [0.717, 1.165) is 0 Å². The molecule has 0 radical (unpaired) electrons. The van der Waals surface area contributed by atoms with E-state index in [0.29, 0.717) is 68.6 Å². The molecular formula is C81H132BN11O21. The number of benzene rings is 2. The highest BCUT2D eigenvalue weighted by atomic mass is 16.6. The molecule has 11 amide bonds. The van der Waals surface area contributed by atoms with Gasteiger partial charge in [-0.15, -0.1) is 0 Å². The van der Waals surface area contributed by atoms with E-state index in [2.05, 4.69) is 47.9 Å². The fourth-order valence-electron chi connectivity index (χ4n) is 10.8. The third-order valence-electron chi connectivity index (χ3n) is 17.4. The molecule has 0 aliphatic rings. The quantitative estimate of drug-likeness (QED) is 0.0163. The van der Waals surface area contributed by atoms with E-state index in [1.807, 2.05) is 112 Å². The molecular weight excluding hydrogens is 1470 g/mol. The van der Waals surface area contributed by atoms with Crippen LogP contribution in [0, 0.1) is 5.92 Å². The Hall–Kier alpha value is -8.76. The summed E-state index contributed by atoms with van der Waals surface area (Å²) in [4.78, 5) is 162. The minimum Gasteiger partial charge on any atom is -0.445 e. The van der Waals surface area contributed by atoms with Crippen LogP contribution in [0.25, 0.3) is 11.0 Å². The van der Waals surface area contributed by atoms with Crippen LogP contribution < -0.4 is 58.2 Å². The average Bonchev–Trinajstić information content (AvgIpc) is 0.832. The first-order chi connectivity index (χ1) is 53.1. The fraction of sp³-hybridized carbons (Fsp3) is 0.679. The van der Waals surface area contributed by atoms with Gasteiger partial charge in [0.15, 0.2) is 0 Å². The van der Waals surface area contributed by atoms with Crippen LogP contribution >= 0.6 is 0 Å². The van der Waals surface area contributed by atoms with E-state index in [-0.39, 0.29) is 157 Å². The molecule has 0 aliphatic heterocycles. The third kappa shape index (κ3) is 43.7. The maximum atomic E-state index is 14.3. The fourth-order valence-corrected chi connectivity index (χ4v) is 10.8. The predicted octanol–water partition coefficient (Wildman–Crippen LogP) is 6.60. The Morgan fingerprint density at radius 1 is 0.518 bits per heavy atom. The minimum absolute atomic E-state index is 0.0690. The molecule has 1 unspecified atom stereocenters. The van der Waals surface area contributed by atoms with Crippen LogP contribution in [-0.4, -0.2) is 234 Å². The van der Waals surface area contributed by atoms with Gasteiger partial charge >= 0.3 is 17.8 Å². The van der Waals surface area contributed by atoms with Crippen molar-refractivity contribution in [3.8, 4) is 5.75 Å². The van der Waals surface area contributed by atoms with Crippen molar-refractivity contribution in [1.29, 1.82) is 0 Å². The van der Waals surface area contributed by atoms with Crippen LogP contribution in [-0.2, 0) is 82.9 Å². The molecule has 114 heavy (non-hydrogen) atoms. The van der Waals surface area contributed by atoms with Crippen molar-refractivity contribution in [2.45, 2.75) is 252 Å². The Morgan fingerprint density at radius 3 is 1.49 bits per heavy atom. The average molecular weight is 1610 g/mol. The highest BCUT2D eigenvalue weighted by molar-refractivity contribution is 6.13. The number of hydrogen-bond acceptors (Lipinski definition) is 21. The standard InChI is InChI=1S/C81H132BN11O21/c1-20-21-22-62(94)86-60(30-31-63(95)87-70(55(2)3)72(103)84-50-68(100)85-58-27-23-56(24-28-58)51-109-73(104)92(18)41-42-93(19)74(105)113-59-29-25-57-26-32-69(101)114-61(57)49-59)71(102)83-40-33-64(96)91-81(52-106-43-34-65(97)88-77(10,11)37-46-110-75(4,5)6,53-107-44-35-66(98)89-78(12,13)38-47-111-76(7,8)9)54-108-45-36-67(99)90-79(14,15)39-48-112-80(16,17)82/h23-29,32,49,55,60,70H,20-22,30-31,33-48,50-54,82H2,1-19H3,(H,83,102)(H,84,103)(H,85,100)(H,86,94)(H,87,95)(H,88,97)(H,89,98)(H,90,99)(H,91,96)/t60-,70?/m0/s1. The summed E-state index contributed by atoms with van der Waals surface area (Å²) in [6.45, 7) is 31.6. The van der Waals surface area contributed by atoms with Crippen molar-refractivity contribution in [3.63, 3.8) is 0 Å². The molecule has 2 atom stereocenters. The lowest BCUT2D eigenvalue weighted by molar-refractivity contribution is -0.132. The largest absolute Gasteiger partial charge is 0.445 e. The summed E-state index contributed by atoms with van der Waals surface area (Å²) in [6.07, 6.45) is 0.391. The number of fused-ring (bicyclic) bond motifs is 1. The lowest BCUT2D eigenvalue weighted by Gasteiger charge is -2.34. The molecule has 0 saturated heterocycles. The number of nitrogens with zero attached hydrogens (tertiary/aromatic N) is 2. The number of carbonyl (C=O) groups is 11. The summed E-state index contributed by atoms with van der Waals surface area (Å²) in [5.41, 5.74) is -3.83. The summed E-state index contributed by atoms with van der Waals surface area (Å²) in [6, 6.07) is 11.5. The molecule has 1 heterocycles. The zero-order valence-corrected chi connectivity index (χ0v) is 71.3. The number of hydrogen-bond donors (Lipinski definition) is 9. The number of ether oxygens (including phenoxy) is 8. The number of carbonyl (C=O) groups excluding carboxylic acids is 11. The van der Waals surface area contributed by atoms with Gasteiger partial charge in [0.1, 0.15) is 43.4 Å². The summed E-state index contributed by atoms with van der Waals surface area (Å²) in [7, 11) is 4.94. The molecule has 0 saturated carbocycles. The zero-order valence-electron chi connectivity index (χ0n) is 71.3. The Kier molecular flexibility index (Phi) is 41.8. The summed E-state index contributed by atoms with van der Waals surface area (Å²) < 4.78 is 52.3. The maximum Gasteiger partial charge on any atom is 0.415 e. The molecule has 3 aromatic rings. The second-order valence-electron chi connectivity index (χ2n) is 33.9.